The van der Waals surface area contributed by atoms with Crippen LogP contribution < -0.4 is 5.73 Å². The van der Waals surface area contributed by atoms with Crippen LogP contribution in [-0.4, -0.2) is 6.54 Å². The topological polar surface area (TPSA) is 26.0 Å². The summed E-state index contributed by atoms with van der Waals surface area (Å²) in [6.45, 7) is 3.13. The Kier molecular flexibility index (Phi) is 16.4. The summed E-state index contributed by atoms with van der Waals surface area (Å²) in [5.74, 6) is 0. The van der Waals surface area contributed by atoms with Crippen molar-refractivity contribution in [2.24, 2.45) is 5.73 Å². The molecular weight excluding hydrogens is 218 g/mol. The van der Waals surface area contributed by atoms with E-state index >= 15 is 0 Å². The maximum absolute atomic E-state index is 5.46. The van der Waals surface area contributed by atoms with Crippen LogP contribution in [0.3, 0.4) is 0 Å². The van der Waals surface area contributed by atoms with E-state index in [2.05, 4.69) is 19.1 Å². The van der Waals surface area contributed by atoms with Gasteiger partial charge in [0.05, 0.1) is 0 Å². The van der Waals surface area contributed by atoms with Crippen molar-refractivity contribution in [1.29, 1.82) is 0 Å². The Bertz CT molecular complexity index is 163. The van der Waals surface area contributed by atoms with Crippen molar-refractivity contribution >= 4 is 0 Å². The second kappa shape index (κ2) is 16.7. The third kappa shape index (κ3) is 15.7. The van der Waals surface area contributed by atoms with E-state index in [0.717, 1.165) is 6.54 Å². The highest BCUT2D eigenvalue weighted by Gasteiger charge is 1.89. The molecule has 0 amide bonds. The zero-order valence-corrected chi connectivity index (χ0v) is 12.6. The number of hydrogen-bond donors (Lipinski definition) is 1. The van der Waals surface area contributed by atoms with E-state index in [1.165, 1.54) is 83.5 Å². The van der Waals surface area contributed by atoms with Gasteiger partial charge in [-0.25, -0.2) is 0 Å². The van der Waals surface area contributed by atoms with Crippen LogP contribution in [0.5, 0.6) is 0 Å². The first kappa shape index (κ1) is 17.7. The predicted molar refractivity (Wildman–Crippen MR) is 83.9 cm³/mol. The molecule has 0 fully saturated rings. The molecular formula is C17H35N. The van der Waals surface area contributed by atoms with E-state index in [4.69, 9.17) is 5.73 Å². The first-order valence-corrected chi connectivity index (χ1v) is 8.27. The smallest absolute Gasteiger partial charge is 0.00773 e. The third-order valence-corrected chi connectivity index (χ3v) is 3.47. The maximum atomic E-state index is 5.46. The molecule has 0 aromatic rings. The molecule has 0 aromatic carbocycles. The zero-order valence-electron chi connectivity index (χ0n) is 12.6. The molecule has 1 heteroatoms. The molecule has 0 aliphatic heterocycles. The zero-order chi connectivity index (χ0) is 13.3. The Morgan fingerprint density at radius 3 is 1.56 bits per heavy atom. The second-order valence-electron chi connectivity index (χ2n) is 5.37. The number of unbranched alkanes of at least 4 members (excludes halogenated alkanes) is 11. The second-order valence-corrected chi connectivity index (χ2v) is 5.37. The molecule has 108 valence electrons. The van der Waals surface area contributed by atoms with Crippen LogP contribution in [0.1, 0.15) is 90.4 Å². The highest BCUT2D eigenvalue weighted by Crippen LogP contribution is 2.09. The van der Waals surface area contributed by atoms with Gasteiger partial charge in [-0.15, -0.1) is 0 Å². The SMILES string of the molecule is CCCCCCCCC/C=C/CCCCCCN. The van der Waals surface area contributed by atoms with Gasteiger partial charge in [-0.05, 0) is 38.6 Å². The molecule has 0 spiro atoms. The molecule has 1 nitrogen and oxygen atoms in total. The summed E-state index contributed by atoms with van der Waals surface area (Å²) < 4.78 is 0. The van der Waals surface area contributed by atoms with Gasteiger partial charge in [0.2, 0.25) is 0 Å². The van der Waals surface area contributed by atoms with Gasteiger partial charge in [0.15, 0.2) is 0 Å². The van der Waals surface area contributed by atoms with E-state index < -0.39 is 0 Å². The third-order valence-electron chi connectivity index (χ3n) is 3.47. The van der Waals surface area contributed by atoms with Crippen LogP contribution in [-0.2, 0) is 0 Å². The Balaban J connectivity index is 3.00. The summed E-state index contributed by atoms with van der Waals surface area (Å²) in [7, 11) is 0. The predicted octanol–water partition coefficient (Wildman–Crippen LogP) is 5.59. The molecule has 2 N–H and O–H groups in total. The number of nitrogens with two attached hydrogens (primary N) is 1. The van der Waals surface area contributed by atoms with Gasteiger partial charge in [-0.3, -0.25) is 0 Å². The van der Waals surface area contributed by atoms with E-state index in [9.17, 15) is 0 Å². The summed E-state index contributed by atoms with van der Waals surface area (Å²) in [6, 6.07) is 0. The van der Waals surface area contributed by atoms with Crippen molar-refractivity contribution in [2.45, 2.75) is 90.4 Å². The molecule has 0 aromatic heterocycles. The Morgan fingerprint density at radius 2 is 1.06 bits per heavy atom. The van der Waals surface area contributed by atoms with Crippen LogP contribution >= 0.6 is 0 Å². The standard InChI is InChI=1S/C17H35N/c1-2-3-4-5-6-7-8-9-10-11-12-13-14-15-16-17-18/h10-11H,2-9,12-18H2,1H3/b11-10+. The van der Waals surface area contributed by atoms with Crippen LogP contribution in [0.25, 0.3) is 0 Å². The van der Waals surface area contributed by atoms with E-state index in [1.54, 1.807) is 0 Å². The van der Waals surface area contributed by atoms with Crippen molar-refractivity contribution in [3.63, 3.8) is 0 Å². The average molecular weight is 253 g/mol. The van der Waals surface area contributed by atoms with Crippen molar-refractivity contribution in [2.75, 3.05) is 6.54 Å². The van der Waals surface area contributed by atoms with Gasteiger partial charge in [-0.2, -0.15) is 0 Å². The van der Waals surface area contributed by atoms with E-state index in [-0.39, 0.29) is 0 Å². The van der Waals surface area contributed by atoms with Crippen molar-refractivity contribution < 1.29 is 0 Å². The Hall–Kier alpha value is -0.300. The summed E-state index contributed by atoms with van der Waals surface area (Å²) >= 11 is 0. The maximum Gasteiger partial charge on any atom is -0.00773 e. The molecule has 0 saturated heterocycles. The van der Waals surface area contributed by atoms with Gasteiger partial charge >= 0.3 is 0 Å². The lowest BCUT2D eigenvalue weighted by atomic mass is 10.1. The van der Waals surface area contributed by atoms with Crippen LogP contribution in [0.4, 0.5) is 0 Å². The van der Waals surface area contributed by atoms with E-state index in [1.807, 2.05) is 0 Å². The van der Waals surface area contributed by atoms with Gasteiger partial charge in [0.1, 0.15) is 0 Å². The Morgan fingerprint density at radius 1 is 0.611 bits per heavy atom. The number of hydrogen-bond acceptors (Lipinski definition) is 1. The van der Waals surface area contributed by atoms with Crippen molar-refractivity contribution in [3.05, 3.63) is 12.2 Å². The molecule has 0 saturated carbocycles. The molecule has 0 unspecified atom stereocenters. The highest BCUT2D eigenvalue weighted by molar-refractivity contribution is 4.81. The minimum atomic E-state index is 0.855. The Labute approximate surface area is 115 Å². The van der Waals surface area contributed by atoms with Gasteiger partial charge < -0.3 is 5.73 Å². The van der Waals surface area contributed by atoms with Crippen molar-refractivity contribution in [1.82, 2.24) is 0 Å². The van der Waals surface area contributed by atoms with Gasteiger partial charge in [-0.1, -0.05) is 70.4 Å². The minimum absolute atomic E-state index is 0.855. The number of rotatable bonds is 14. The van der Waals surface area contributed by atoms with Crippen LogP contribution in [0.15, 0.2) is 12.2 Å². The fourth-order valence-electron chi connectivity index (χ4n) is 2.22. The average Bonchev–Trinajstić information content (AvgIpc) is 2.39. The minimum Gasteiger partial charge on any atom is -0.330 e. The fourth-order valence-corrected chi connectivity index (χ4v) is 2.22. The lowest BCUT2D eigenvalue weighted by Crippen LogP contribution is -1.97. The molecule has 0 aliphatic rings. The first-order chi connectivity index (χ1) is 8.91. The lowest BCUT2D eigenvalue weighted by Gasteiger charge is -1.99. The van der Waals surface area contributed by atoms with Crippen LogP contribution in [0.2, 0.25) is 0 Å². The summed E-state index contributed by atoms with van der Waals surface area (Å²) in [6.07, 6.45) is 22.4. The first-order valence-electron chi connectivity index (χ1n) is 8.27. The largest absolute Gasteiger partial charge is 0.330 e. The highest BCUT2D eigenvalue weighted by atomic mass is 14.5. The monoisotopic (exact) mass is 253 g/mol. The van der Waals surface area contributed by atoms with Crippen LogP contribution in [0, 0.1) is 0 Å². The molecule has 0 radical (unpaired) electrons. The van der Waals surface area contributed by atoms with Gasteiger partial charge in [0.25, 0.3) is 0 Å². The normalized spacial score (nSPS) is 11.4. The summed E-state index contributed by atoms with van der Waals surface area (Å²) in [4.78, 5) is 0. The lowest BCUT2D eigenvalue weighted by molar-refractivity contribution is 0.591. The molecule has 0 aliphatic carbocycles. The molecule has 0 heterocycles. The molecule has 0 bridgehead atoms. The molecule has 0 atom stereocenters. The summed E-state index contributed by atoms with van der Waals surface area (Å²) in [5.41, 5.74) is 5.46. The van der Waals surface area contributed by atoms with Crippen molar-refractivity contribution in [3.8, 4) is 0 Å². The van der Waals surface area contributed by atoms with Gasteiger partial charge in [0, 0.05) is 0 Å². The number of allylic oxidation sites excluding steroid dienone is 2. The summed E-state index contributed by atoms with van der Waals surface area (Å²) in [5, 5.41) is 0. The quantitative estimate of drug-likeness (QED) is 0.317. The molecule has 0 rings (SSSR count). The molecule has 18 heavy (non-hydrogen) atoms. The fraction of sp³-hybridized carbons (Fsp3) is 0.882. The van der Waals surface area contributed by atoms with E-state index in [0.29, 0.717) is 0 Å².